The second-order valence-electron chi connectivity index (χ2n) is 8.87. The van der Waals surface area contributed by atoms with Crippen molar-refractivity contribution in [1.29, 1.82) is 0 Å². The molecule has 9 heteroatoms. The number of halogens is 5. The highest BCUT2D eigenvalue weighted by Gasteiger charge is 2.30. The van der Waals surface area contributed by atoms with Gasteiger partial charge in [0.05, 0.1) is 11.3 Å². The summed E-state index contributed by atoms with van der Waals surface area (Å²) in [5, 5.41) is 0.926. The lowest BCUT2D eigenvalue weighted by Gasteiger charge is -2.29. The molecule has 0 spiro atoms. The van der Waals surface area contributed by atoms with Gasteiger partial charge in [0.1, 0.15) is 6.61 Å². The number of ether oxygens (including phenoxy) is 1. The van der Waals surface area contributed by atoms with Crippen molar-refractivity contribution in [3.8, 4) is 17.3 Å². The average Bonchev–Trinajstić information content (AvgIpc) is 2.87. The van der Waals surface area contributed by atoms with Gasteiger partial charge in [-0.05, 0) is 41.5 Å². The Bertz CT molecular complexity index is 1380. The van der Waals surface area contributed by atoms with Crippen LogP contribution in [0.4, 0.5) is 13.2 Å². The number of fused-ring (bicyclic) bond motifs is 1. The van der Waals surface area contributed by atoms with E-state index in [1.165, 1.54) is 17.7 Å². The fraction of sp³-hybridized carbons (Fsp3) is 0.214. The van der Waals surface area contributed by atoms with Crippen LogP contribution in [-0.2, 0) is 32.3 Å². The normalized spacial score (nSPS) is 13.9. The first kappa shape index (κ1) is 25.5. The minimum absolute atomic E-state index is 0.0655. The minimum Gasteiger partial charge on any atom is -0.472 e. The first-order valence-corrected chi connectivity index (χ1v) is 12.4. The van der Waals surface area contributed by atoms with Gasteiger partial charge in [0.2, 0.25) is 5.88 Å². The van der Waals surface area contributed by atoms with E-state index in [0.717, 1.165) is 36.5 Å². The van der Waals surface area contributed by atoms with Crippen molar-refractivity contribution in [2.45, 2.75) is 32.3 Å². The number of alkyl halides is 3. The number of nitrogens with zero attached hydrogens (tertiary/aromatic N) is 3. The van der Waals surface area contributed by atoms with Crippen LogP contribution in [0.15, 0.2) is 72.8 Å². The number of benzene rings is 3. The molecule has 0 radical (unpaired) electrons. The van der Waals surface area contributed by atoms with Crippen molar-refractivity contribution in [3.05, 3.63) is 111 Å². The Labute approximate surface area is 222 Å². The van der Waals surface area contributed by atoms with Gasteiger partial charge in [-0.1, -0.05) is 65.7 Å². The summed E-state index contributed by atoms with van der Waals surface area (Å²) in [6, 6.07) is 20.2. The molecule has 0 bridgehead atoms. The number of aromatic nitrogens is 2. The zero-order chi connectivity index (χ0) is 26.0. The summed E-state index contributed by atoms with van der Waals surface area (Å²) >= 11 is 12.4. The van der Waals surface area contributed by atoms with E-state index in [-0.39, 0.29) is 6.61 Å². The van der Waals surface area contributed by atoms with Gasteiger partial charge in [0, 0.05) is 47.2 Å². The van der Waals surface area contributed by atoms with E-state index in [0.29, 0.717) is 45.8 Å². The second-order valence-corrected chi connectivity index (χ2v) is 9.74. The summed E-state index contributed by atoms with van der Waals surface area (Å²) in [6.45, 7) is 2.23. The van der Waals surface area contributed by atoms with E-state index in [4.69, 9.17) is 37.9 Å². The largest absolute Gasteiger partial charge is 0.472 e. The molecular weight excluding hydrogens is 522 g/mol. The van der Waals surface area contributed by atoms with E-state index >= 15 is 0 Å². The fourth-order valence-electron chi connectivity index (χ4n) is 4.29. The molecule has 37 heavy (non-hydrogen) atoms. The molecule has 0 aliphatic carbocycles. The summed E-state index contributed by atoms with van der Waals surface area (Å²) in [4.78, 5) is 11.8. The highest BCUT2D eigenvalue weighted by molar-refractivity contribution is 6.35. The minimum atomic E-state index is -4.39. The Morgan fingerprint density at radius 1 is 0.865 bits per heavy atom. The van der Waals surface area contributed by atoms with E-state index < -0.39 is 11.7 Å². The van der Waals surface area contributed by atoms with E-state index in [9.17, 15) is 13.2 Å². The third kappa shape index (κ3) is 6.24. The summed E-state index contributed by atoms with van der Waals surface area (Å²) in [5.74, 6) is 0.829. The summed E-state index contributed by atoms with van der Waals surface area (Å²) in [6.07, 6.45) is -3.69. The molecule has 4 nitrogen and oxygen atoms in total. The van der Waals surface area contributed by atoms with Crippen LogP contribution in [-0.4, -0.2) is 21.4 Å². The summed E-state index contributed by atoms with van der Waals surface area (Å²) in [7, 11) is 0. The molecule has 5 rings (SSSR count). The van der Waals surface area contributed by atoms with Crippen molar-refractivity contribution in [2.75, 3.05) is 6.54 Å². The Balaban J connectivity index is 1.45. The van der Waals surface area contributed by atoms with E-state index in [1.54, 1.807) is 18.2 Å². The van der Waals surface area contributed by atoms with Crippen molar-refractivity contribution in [3.63, 3.8) is 0 Å². The molecule has 0 saturated carbocycles. The lowest BCUT2D eigenvalue weighted by molar-refractivity contribution is -0.137. The standard InChI is InChI=1S/C28H22Cl2F3N3O/c29-22-12-20(13-23(30)14-22)26-34-25-10-11-36(15-18-4-2-1-3-5-18)16-24(25)27(35-26)37-17-19-6-8-21(9-7-19)28(31,32)33/h1-9,12-14H,10-11,15-17H2. The third-order valence-corrected chi connectivity index (χ3v) is 6.56. The SMILES string of the molecule is FC(F)(F)c1ccc(COc2nc(-c3cc(Cl)cc(Cl)c3)nc3c2CN(Cc2ccccc2)CC3)cc1. The van der Waals surface area contributed by atoms with Gasteiger partial charge >= 0.3 is 6.18 Å². The lowest BCUT2D eigenvalue weighted by Crippen LogP contribution is -2.31. The molecule has 0 saturated heterocycles. The smallest absolute Gasteiger partial charge is 0.416 e. The van der Waals surface area contributed by atoms with Crippen molar-refractivity contribution >= 4 is 23.2 Å². The Morgan fingerprint density at radius 2 is 1.57 bits per heavy atom. The highest BCUT2D eigenvalue weighted by Crippen LogP contribution is 2.33. The first-order valence-electron chi connectivity index (χ1n) is 11.7. The van der Waals surface area contributed by atoms with Gasteiger partial charge in [-0.2, -0.15) is 18.2 Å². The topological polar surface area (TPSA) is 38.3 Å². The predicted octanol–water partition coefficient (Wildman–Crippen LogP) is 7.61. The van der Waals surface area contributed by atoms with Crippen molar-refractivity contribution in [1.82, 2.24) is 14.9 Å². The molecule has 1 aromatic heterocycles. The molecule has 3 aromatic carbocycles. The van der Waals surface area contributed by atoms with Crippen LogP contribution in [0.2, 0.25) is 10.0 Å². The second kappa shape index (κ2) is 10.7. The van der Waals surface area contributed by atoms with Crippen LogP contribution in [0.5, 0.6) is 5.88 Å². The quantitative estimate of drug-likeness (QED) is 0.251. The van der Waals surface area contributed by atoms with Crippen molar-refractivity contribution in [2.24, 2.45) is 0 Å². The molecular formula is C28H22Cl2F3N3O. The molecule has 0 fully saturated rings. The van der Waals surface area contributed by atoms with Crippen molar-refractivity contribution < 1.29 is 17.9 Å². The molecule has 1 aliphatic rings. The fourth-order valence-corrected chi connectivity index (χ4v) is 4.82. The van der Waals surface area contributed by atoms with Crippen LogP contribution in [0.1, 0.15) is 27.9 Å². The molecule has 0 amide bonds. The summed E-state index contributed by atoms with van der Waals surface area (Å²) < 4.78 is 44.9. The molecule has 4 aromatic rings. The zero-order valence-corrected chi connectivity index (χ0v) is 21.1. The Kier molecular flexibility index (Phi) is 7.38. The van der Waals surface area contributed by atoms with Crippen LogP contribution >= 0.6 is 23.2 Å². The molecule has 2 heterocycles. The van der Waals surface area contributed by atoms with Gasteiger partial charge in [-0.25, -0.2) is 4.98 Å². The van der Waals surface area contributed by atoms with Gasteiger partial charge in [0.25, 0.3) is 0 Å². The van der Waals surface area contributed by atoms with E-state index in [1.807, 2.05) is 18.2 Å². The number of hydrogen-bond acceptors (Lipinski definition) is 4. The van der Waals surface area contributed by atoms with Gasteiger partial charge in [-0.15, -0.1) is 0 Å². The monoisotopic (exact) mass is 543 g/mol. The maximum Gasteiger partial charge on any atom is 0.416 e. The van der Waals surface area contributed by atoms with Crippen LogP contribution < -0.4 is 4.74 Å². The Morgan fingerprint density at radius 3 is 2.24 bits per heavy atom. The first-order chi connectivity index (χ1) is 17.7. The lowest BCUT2D eigenvalue weighted by atomic mass is 10.0. The van der Waals surface area contributed by atoms with E-state index in [2.05, 4.69) is 17.0 Å². The average molecular weight is 544 g/mol. The van der Waals surface area contributed by atoms with Gasteiger partial charge in [-0.3, -0.25) is 4.90 Å². The Hall–Kier alpha value is -3.13. The van der Waals surface area contributed by atoms with Crippen LogP contribution in [0.25, 0.3) is 11.4 Å². The van der Waals surface area contributed by atoms with Gasteiger partial charge in [0.15, 0.2) is 5.82 Å². The molecule has 1 aliphatic heterocycles. The number of rotatable bonds is 6. The predicted molar refractivity (Wildman–Crippen MR) is 138 cm³/mol. The molecule has 0 unspecified atom stereocenters. The van der Waals surface area contributed by atoms with Gasteiger partial charge < -0.3 is 4.74 Å². The molecule has 0 N–H and O–H groups in total. The summed E-state index contributed by atoms with van der Waals surface area (Å²) in [5.41, 5.74) is 3.49. The molecule has 0 atom stereocenters. The zero-order valence-electron chi connectivity index (χ0n) is 19.6. The maximum absolute atomic E-state index is 12.9. The highest BCUT2D eigenvalue weighted by atomic mass is 35.5. The van der Waals surface area contributed by atoms with Crippen LogP contribution in [0.3, 0.4) is 0 Å². The third-order valence-electron chi connectivity index (χ3n) is 6.13. The maximum atomic E-state index is 12.9. The van der Waals surface area contributed by atoms with Crippen LogP contribution in [0, 0.1) is 0 Å². The number of hydrogen-bond donors (Lipinski definition) is 0. The molecule has 190 valence electrons.